The van der Waals surface area contributed by atoms with Gasteiger partial charge in [-0.15, -0.1) is 0 Å². The van der Waals surface area contributed by atoms with Crippen LogP contribution in [-0.4, -0.2) is 47.8 Å². The third-order valence-electron chi connectivity index (χ3n) is 3.87. The molecule has 0 saturated carbocycles. The minimum Gasteiger partial charge on any atom is -0.336 e. The number of benzene rings is 1. The van der Waals surface area contributed by atoms with E-state index in [1.807, 2.05) is 6.07 Å². The van der Waals surface area contributed by atoms with Gasteiger partial charge in [-0.05, 0) is 31.0 Å². The fourth-order valence-corrected chi connectivity index (χ4v) is 4.16. The fourth-order valence-electron chi connectivity index (χ4n) is 2.68. The monoisotopic (exact) mass is 334 g/mol. The molecule has 0 bridgehead atoms. The second kappa shape index (κ2) is 6.41. The Morgan fingerprint density at radius 3 is 2.74 bits per heavy atom. The zero-order valence-electron chi connectivity index (χ0n) is 12.5. The highest BCUT2D eigenvalue weighted by atomic mass is 32.2. The van der Waals surface area contributed by atoms with Gasteiger partial charge >= 0.3 is 0 Å². The summed E-state index contributed by atoms with van der Waals surface area (Å²) in [6, 6.07) is 10.4. The lowest BCUT2D eigenvalue weighted by Crippen LogP contribution is -2.46. The fraction of sp³-hybridized carbons (Fsp3) is 0.333. The van der Waals surface area contributed by atoms with Crippen LogP contribution in [0.25, 0.3) is 0 Å². The largest absolute Gasteiger partial charge is 0.336 e. The van der Waals surface area contributed by atoms with E-state index in [4.69, 9.17) is 0 Å². The summed E-state index contributed by atoms with van der Waals surface area (Å²) in [7, 11) is -3.54. The molecule has 1 aliphatic heterocycles. The molecule has 1 aliphatic rings. The number of carbonyl (C=O) groups excluding carboxylic acids is 1. The van der Waals surface area contributed by atoms with Crippen molar-refractivity contribution in [2.24, 2.45) is 0 Å². The van der Waals surface area contributed by atoms with E-state index in [1.54, 1.807) is 35.2 Å². The van der Waals surface area contributed by atoms with Gasteiger partial charge in [0.15, 0.2) is 0 Å². The van der Waals surface area contributed by atoms with Gasteiger partial charge in [-0.3, -0.25) is 14.6 Å². The van der Waals surface area contributed by atoms with Crippen LogP contribution in [0.4, 0.5) is 5.69 Å². The molecule has 3 rings (SSSR count). The van der Waals surface area contributed by atoms with E-state index in [2.05, 4.69) is 14.9 Å². The number of hydrogen-bond donors (Lipinski definition) is 2. The Balaban J connectivity index is 1.71. The van der Waals surface area contributed by atoms with Crippen molar-refractivity contribution in [3.05, 3.63) is 48.3 Å². The SMILES string of the molecule is O=C(c1ccn[nH]1)N1CCCC(S(=O)(=O)Nc2ccccc2)C1. The highest BCUT2D eigenvalue weighted by Gasteiger charge is 2.33. The Morgan fingerprint density at radius 2 is 2.04 bits per heavy atom. The molecule has 1 fully saturated rings. The smallest absolute Gasteiger partial charge is 0.271 e. The van der Waals surface area contributed by atoms with Crippen molar-refractivity contribution in [2.75, 3.05) is 17.8 Å². The van der Waals surface area contributed by atoms with Crippen molar-refractivity contribution in [3.63, 3.8) is 0 Å². The summed E-state index contributed by atoms with van der Waals surface area (Å²) in [4.78, 5) is 13.9. The molecule has 2 N–H and O–H groups in total. The van der Waals surface area contributed by atoms with Crippen molar-refractivity contribution < 1.29 is 13.2 Å². The number of aromatic amines is 1. The maximum absolute atomic E-state index is 12.5. The number of aromatic nitrogens is 2. The standard InChI is InChI=1S/C15H18N4O3S/c20-15(14-8-9-16-17-14)19-10-4-7-13(11-19)23(21,22)18-12-5-2-1-3-6-12/h1-3,5-6,8-9,13,18H,4,7,10-11H2,(H,16,17). The quantitative estimate of drug-likeness (QED) is 0.885. The molecule has 122 valence electrons. The van der Waals surface area contributed by atoms with Crippen LogP contribution in [-0.2, 0) is 10.0 Å². The molecule has 0 aliphatic carbocycles. The molecular formula is C15H18N4O3S. The summed E-state index contributed by atoms with van der Waals surface area (Å²) in [5, 5.41) is 5.76. The second-order valence-electron chi connectivity index (χ2n) is 5.50. The third-order valence-corrected chi connectivity index (χ3v) is 5.65. The van der Waals surface area contributed by atoms with E-state index in [0.29, 0.717) is 30.8 Å². The zero-order valence-corrected chi connectivity index (χ0v) is 13.3. The van der Waals surface area contributed by atoms with Gasteiger partial charge in [0.2, 0.25) is 10.0 Å². The van der Waals surface area contributed by atoms with Crippen LogP contribution in [0.3, 0.4) is 0 Å². The van der Waals surface area contributed by atoms with E-state index in [9.17, 15) is 13.2 Å². The van der Waals surface area contributed by atoms with Crippen LogP contribution in [0.1, 0.15) is 23.3 Å². The molecule has 1 saturated heterocycles. The van der Waals surface area contributed by atoms with Gasteiger partial charge in [0.25, 0.3) is 5.91 Å². The number of hydrogen-bond acceptors (Lipinski definition) is 4. The number of H-pyrrole nitrogens is 1. The molecule has 1 aromatic heterocycles. The number of para-hydroxylation sites is 1. The Kier molecular flexibility index (Phi) is 4.33. The van der Waals surface area contributed by atoms with E-state index < -0.39 is 15.3 Å². The number of piperidine rings is 1. The normalized spacial score (nSPS) is 18.6. The van der Waals surface area contributed by atoms with Crippen LogP contribution in [0.15, 0.2) is 42.6 Å². The van der Waals surface area contributed by atoms with Crippen LogP contribution < -0.4 is 4.72 Å². The Hall–Kier alpha value is -2.35. The molecule has 1 unspecified atom stereocenters. The van der Waals surface area contributed by atoms with Crippen molar-refractivity contribution in [1.82, 2.24) is 15.1 Å². The summed E-state index contributed by atoms with van der Waals surface area (Å²) in [5.74, 6) is -0.220. The molecule has 0 spiro atoms. The number of nitrogens with one attached hydrogen (secondary N) is 2. The molecule has 23 heavy (non-hydrogen) atoms. The second-order valence-corrected chi connectivity index (χ2v) is 7.46. The first kappa shape index (κ1) is 15.5. The van der Waals surface area contributed by atoms with Gasteiger partial charge < -0.3 is 4.90 Å². The first-order valence-electron chi connectivity index (χ1n) is 7.41. The lowest BCUT2D eigenvalue weighted by Gasteiger charge is -2.32. The maximum atomic E-state index is 12.5. The van der Waals surface area contributed by atoms with E-state index in [0.717, 1.165) is 0 Å². The van der Waals surface area contributed by atoms with E-state index in [1.165, 1.54) is 6.20 Å². The van der Waals surface area contributed by atoms with Crippen molar-refractivity contribution in [2.45, 2.75) is 18.1 Å². The van der Waals surface area contributed by atoms with Crippen molar-refractivity contribution in [1.29, 1.82) is 0 Å². The average Bonchev–Trinajstić information content (AvgIpc) is 3.09. The summed E-state index contributed by atoms with van der Waals surface area (Å²) >= 11 is 0. The van der Waals surface area contributed by atoms with Gasteiger partial charge in [0.1, 0.15) is 5.69 Å². The minimum absolute atomic E-state index is 0.181. The molecule has 1 amide bonds. The number of sulfonamides is 1. The predicted molar refractivity (Wildman–Crippen MR) is 86.5 cm³/mol. The summed E-state index contributed by atoms with van der Waals surface area (Å²) in [5.41, 5.74) is 0.906. The number of amides is 1. The Labute approximate surface area is 134 Å². The van der Waals surface area contributed by atoms with E-state index >= 15 is 0 Å². The third kappa shape index (κ3) is 3.53. The lowest BCUT2D eigenvalue weighted by atomic mass is 10.1. The Morgan fingerprint density at radius 1 is 1.26 bits per heavy atom. The number of anilines is 1. The first-order chi connectivity index (χ1) is 11.1. The van der Waals surface area contributed by atoms with Crippen molar-refractivity contribution in [3.8, 4) is 0 Å². The molecule has 2 heterocycles. The number of likely N-dealkylation sites (tertiary alicyclic amines) is 1. The number of carbonyl (C=O) groups is 1. The van der Waals surface area contributed by atoms with Gasteiger partial charge in [-0.2, -0.15) is 5.10 Å². The molecule has 8 heteroatoms. The lowest BCUT2D eigenvalue weighted by molar-refractivity contribution is 0.0721. The van der Waals surface area contributed by atoms with Crippen LogP contribution in [0.5, 0.6) is 0 Å². The van der Waals surface area contributed by atoms with Gasteiger partial charge in [-0.1, -0.05) is 18.2 Å². The number of nitrogens with zero attached hydrogens (tertiary/aromatic N) is 2. The molecule has 7 nitrogen and oxygen atoms in total. The zero-order chi connectivity index (χ0) is 16.3. The molecule has 1 atom stereocenters. The highest BCUT2D eigenvalue weighted by molar-refractivity contribution is 7.93. The minimum atomic E-state index is -3.54. The summed E-state index contributed by atoms with van der Waals surface area (Å²) < 4.78 is 27.7. The summed E-state index contributed by atoms with van der Waals surface area (Å²) in [6.45, 7) is 0.731. The maximum Gasteiger partial charge on any atom is 0.271 e. The topological polar surface area (TPSA) is 95.2 Å². The van der Waals surface area contributed by atoms with Crippen molar-refractivity contribution >= 4 is 21.6 Å². The first-order valence-corrected chi connectivity index (χ1v) is 8.96. The molecule has 2 aromatic rings. The molecule has 1 aromatic carbocycles. The van der Waals surface area contributed by atoms with Gasteiger partial charge in [-0.25, -0.2) is 8.42 Å². The number of rotatable bonds is 4. The highest BCUT2D eigenvalue weighted by Crippen LogP contribution is 2.21. The van der Waals surface area contributed by atoms with Crippen LogP contribution in [0, 0.1) is 0 Å². The van der Waals surface area contributed by atoms with Gasteiger partial charge in [0, 0.05) is 25.0 Å². The van der Waals surface area contributed by atoms with Gasteiger partial charge in [0.05, 0.1) is 5.25 Å². The average molecular weight is 334 g/mol. The molecular weight excluding hydrogens is 316 g/mol. The van der Waals surface area contributed by atoms with E-state index in [-0.39, 0.29) is 12.5 Å². The summed E-state index contributed by atoms with van der Waals surface area (Å²) in [6.07, 6.45) is 2.69. The van der Waals surface area contributed by atoms with Crippen LogP contribution in [0.2, 0.25) is 0 Å². The van der Waals surface area contributed by atoms with Crippen LogP contribution >= 0.6 is 0 Å². The Bertz CT molecular complexity index is 759. The molecule has 0 radical (unpaired) electrons. The predicted octanol–water partition coefficient (Wildman–Crippen LogP) is 1.46.